The zero-order chi connectivity index (χ0) is 18.4. The molecule has 0 spiro atoms. The Morgan fingerprint density at radius 2 is 1.81 bits per heavy atom. The quantitative estimate of drug-likeness (QED) is 0.710. The molecule has 0 bridgehead atoms. The van der Waals surface area contributed by atoms with Crippen molar-refractivity contribution in [1.82, 2.24) is 10.2 Å². The first kappa shape index (κ1) is 17.3. The third kappa shape index (κ3) is 4.32. The highest BCUT2D eigenvalue weighted by Gasteiger charge is 2.09. The fraction of sp³-hybridized carbons (Fsp3) is 0.105. The summed E-state index contributed by atoms with van der Waals surface area (Å²) >= 11 is 0. The zero-order valence-corrected chi connectivity index (χ0v) is 14.1. The number of carbonyl (C=O) groups is 1. The Morgan fingerprint density at radius 1 is 1.04 bits per heavy atom. The first-order valence-electron chi connectivity index (χ1n) is 7.92. The van der Waals surface area contributed by atoms with E-state index in [4.69, 9.17) is 4.74 Å². The number of ether oxygens (including phenoxy) is 1. The number of rotatable bonds is 6. The van der Waals surface area contributed by atoms with Gasteiger partial charge in [-0.05, 0) is 42.5 Å². The molecule has 1 amide bonds. The van der Waals surface area contributed by atoms with Crippen LogP contribution in [-0.2, 0) is 6.54 Å². The lowest BCUT2D eigenvalue weighted by molar-refractivity contribution is 0.102. The molecule has 1 aromatic heterocycles. The number of methoxy groups -OCH3 is 1. The van der Waals surface area contributed by atoms with Gasteiger partial charge < -0.3 is 15.4 Å². The largest absolute Gasteiger partial charge is 0.497 e. The number of amides is 1. The molecule has 132 valence electrons. The molecule has 7 heteroatoms. The topological polar surface area (TPSA) is 76.1 Å². The van der Waals surface area contributed by atoms with Gasteiger partial charge in [0.05, 0.1) is 7.11 Å². The van der Waals surface area contributed by atoms with Gasteiger partial charge in [-0.1, -0.05) is 18.2 Å². The number of aromatic nitrogens is 2. The smallest absolute Gasteiger partial charge is 0.276 e. The lowest BCUT2D eigenvalue weighted by atomic mass is 10.2. The second kappa shape index (κ2) is 8.06. The minimum absolute atomic E-state index is 0.178. The number of carbonyl (C=O) groups excluding carboxylic acids is 1. The van der Waals surface area contributed by atoms with E-state index in [1.54, 1.807) is 61.7 Å². The van der Waals surface area contributed by atoms with Crippen LogP contribution in [0.25, 0.3) is 0 Å². The van der Waals surface area contributed by atoms with Gasteiger partial charge in [-0.3, -0.25) is 4.79 Å². The molecule has 0 aliphatic rings. The highest BCUT2D eigenvalue weighted by atomic mass is 19.1. The van der Waals surface area contributed by atoms with Crippen molar-refractivity contribution in [3.8, 4) is 5.75 Å². The summed E-state index contributed by atoms with van der Waals surface area (Å²) in [4.78, 5) is 12.2. The molecule has 1 heterocycles. The third-order valence-electron chi connectivity index (χ3n) is 3.66. The molecule has 3 aromatic rings. The monoisotopic (exact) mass is 352 g/mol. The predicted octanol–water partition coefficient (Wildman–Crippen LogP) is 3.49. The standard InChI is InChI=1S/C19H17FN4O2/c1-26-15-8-6-14(7-9-15)22-19(25)17-10-11-18(24-23-17)21-12-13-4-2-3-5-16(13)20/h2-11H,12H2,1H3,(H,21,24)(H,22,25). The van der Waals surface area contributed by atoms with Crippen LogP contribution in [0.4, 0.5) is 15.9 Å². The Labute approximate surface area is 150 Å². The van der Waals surface area contributed by atoms with Crippen molar-refractivity contribution in [1.29, 1.82) is 0 Å². The van der Waals surface area contributed by atoms with Crippen LogP contribution in [0.5, 0.6) is 5.75 Å². The van der Waals surface area contributed by atoms with Crippen molar-refractivity contribution >= 4 is 17.4 Å². The van der Waals surface area contributed by atoms with Gasteiger partial charge in [-0.2, -0.15) is 0 Å². The summed E-state index contributed by atoms with van der Waals surface area (Å²) in [5.74, 6) is 0.495. The van der Waals surface area contributed by atoms with Gasteiger partial charge in [-0.15, -0.1) is 10.2 Å². The van der Waals surface area contributed by atoms with Crippen molar-refractivity contribution < 1.29 is 13.9 Å². The minimum Gasteiger partial charge on any atom is -0.497 e. The lowest BCUT2D eigenvalue weighted by Crippen LogP contribution is -2.15. The predicted molar refractivity (Wildman–Crippen MR) is 96.7 cm³/mol. The summed E-state index contributed by atoms with van der Waals surface area (Å²) in [7, 11) is 1.57. The van der Waals surface area contributed by atoms with Crippen LogP contribution in [0.2, 0.25) is 0 Å². The average Bonchev–Trinajstić information content (AvgIpc) is 2.68. The Hall–Kier alpha value is -3.48. The van der Waals surface area contributed by atoms with Crippen LogP contribution in [0, 0.1) is 5.82 Å². The minimum atomic E-state index is -0.372. The fourth-order valence-corrected chi connectivity index (χ4v) is 2.24. The summed E-state index contributed by atoms with van der Waals surface area (Å²) in [6.45, 7) is 0.277. The molecular formula is C19H17FN4O2. The highest BCUT2D eigenvalue weighted by Crippen LogP contribution is 2.16. The van der Waals surface area contributed by atoms with Crippen molar-refractivity contribution in [2.45, 2.75) is 6.54 Å². The number of nitrogens with zero attached hydrogens (tertiary/aromatic N) is 2. The van der Waals surface area contributed by atoms with Crippen molar-refractivity contribution in [2.75, 3.05) is 17.7 Å². The number of hydrogen-bond acceptors (Lipinski definition) is 5. The fourth-order valence-electron chi connectivity index (χ4n) is 2.24. The summed E-state index contributed by atoms with van der Waals surface area (Å²) in [5.41, 5.74) is 1.33. The van der Waals surface area contributed by atoms with Crippen LogP contribution in [0.3, 0.4) is 0 Å². The van der Waals surface area contributed by atoms with Crippen molar-refractivity contribution in [2.24, 2.45) is 0 Å². The van der Waals surface area contributed by atoms with Gasteiger partial charge >= 0.3 is 0 Å². The molecule has 0 saturated heterocycles. The van der Waals surface area contributed by atoms with Gasteiger partial charge in [0.15, 0.2) is 5.69 Å². The summed E-state index contributed by atoms with van der Waals surface area (Å²) in [5, 5.41) is 13.5. The molecule has 0 fully saturated rings. The zero-order valence-electron chi connectivity index (χ0n) is 14.1. The van der Waals surface area contributed by atoms with Crippen LogP contribution in [0.1, 0.15) is 16.1 Å². The number of hydrogen-bond donors (Lipinski definition) is 2. The van der Waals surface area contributed by atoms with Crippen LogP contribution in [0.15, 0.2) is 60.7 Å². The Bertz CT molecular complexity index is 883. The Balaban J connectivity index is 1.59. The lowest BCUT2D eigenvalue weighted by Gasteiger charge is -2.07. The summed E-state index contributed by atoms with van der Waals surface area (Å²) < 4.78 is 18.6. The Morgan fingerprint density at radius 3 is 2.46 bits per heavy atom. The van der Waals surface area contributed by atoms with Gasteiger partial charge in [0, 0.05) is 17.8 Å². The number of benzene rings is 2. The summed E-state index contributed by atoms with van der Waals surface area (Å²) in [6, 6.07) is 16.6. The normalized spacial score (nSPS) is 10.2. The van der Waals surface area contributed by atoms with E-state index in [9.17, 15) is 9.18 Å². The molecule has 2 N–H and O–H groups in total. The molecule has 0 saturated carbocycles. The molecule has 26 heavy (non-hydrogen) atoms. The molecule has 0 aliphatic carbocycles. The van der Waals surface area contributed by atoms with Crippen molar-refractivity contribution in [3.05, 3.63) is 77.7 Å². The van der Waals surface area contributed by atoms with Crippen molar-refractivity contribution in [3.63, 3.8) is 0 Å². The molecule has 0 unspecified atom stereocenters. The van der Waals surface area contributed by atoms with Gasteiger partial charge in [0.1, 0.15) is 17.4 Å². The maximum Gasteiger partial charge on any atom is 0.276 e. The van der Waals surface area contributed by atoms with E-state index in [2.05, 4.69) is 20.8 Å². The first-order chi connectivity index (χ1) is 12.7. The second-order valence-corrected chi connectivity index (χ2v) is 5.43. The van der Waals surface area contributed by atoms with Gasteiger partial charge in [0.2, 0.25) is 0 Å². The molecular weight excluding hydrogens is 335 g/mol. The molecule has 0 aliphatic heterocycles. The van der Waals surface area contributed by atoms with Gasteiger partial charge in [0.25, 0.3) is 5.91 Å². The maximum atomic E-state index is 13.6. The molecule has 0 atom stereocenters. The molecule has 2 aromatic carbocycles. The van der Waals surface area contributed by atoms with E-state index in [-0.39, 0.29) is 24.0 Å². The van der Waals surface area contributed by atoms with E-state index in [0.29, 0.717) is 22.8 Å². The highest BCUT2D eigenvalue weighted by molar-refractivity contribution is 6.02. The first-order valence-corrected chi connectivity index (χ1v) is 7.92. The maximum absolute atomic E-state index is 13.6. The van der Waals surface area contributed by atoms with Gasteiger partial charge in [-0.25, -0.2) is 4.39 Å². The van der Waals surface area contributed by atoms with Crippen LogP contribution in [-0.4, -0.2) is 23.2 Å². The molecule has 6 nitrogen and oxygen atoms in total. The van der Waals surface area contributed by atoms with Crippen LogP contribution < -0.4 is 15.4 Å². The third-order valence-corrected chi connectivity index (χ3v) is 3.66. The second-order valence-electron chi connectivity index (χ2n) is 5.43. The van der Waals surface area contributed by atoms with E-state index in [0.717, 1.165) is 0 Å². The average molecular weight is 352 g/mol. The van der Waals surface area contributed by atoms with E-state index < -0.39 is 0 Å². The number of halogens is 1. The summed E-state index contributed by atoms with van der Waals surface area (Å²) in [6.07, 6.45) is 0. The van der Waals surface area contributed by atoms with Crippen LogP contribution >= 0.6 is 0 Å². The van der Waals surface area contributed by atoms with E-state index in [1.165, 1.54) is 6.07 Å². The SMILES string of the molecule is COc1ccc(NC(=O)c2ccc(NCc3ccccc3F)nn2)cc1. The molecule has 3 rings (SSSR count). The Kier molecular flexibility index (Phi) is 5.38. The number of nitrogens with one attached hydrogen (secondary N) is 2. The van der Waals surface area contributed by atoms with E-state index in [1.807, 2.05) is 0 Å². The number of anilines is 2. The van der Waals surface area contributed by atoms with E-state index >= 15 is 0 Å². The molecule has 0 radical (unpaired) electrons.